The molecule has 0 aromatic carbocycles. The predicted molar refractivity (Wildman–Crippen MR) is 56.4 cm³/mol. The number of rotatable bonds is 2. The van der Waals surface area contributed by atoms with Gasteiger partial charge in [0.25, 0.3) is 5.91 Å². The van der Waals surface area contributed by atoms with E-state index in [9.17, 15) is 9.59 Å². The van der Waals surface area contributed by atoms with Gasteiger partial charge in [-0.2, -0.15) is 0 Å². The molecule has 82 valence electrons. The number of imidazole rings is 1. The summed E-state index contributed by atoms with van der Waals surface area (Å²) in [5.41, 5.74) is -0.339. The van der Waals surface area contributed by atoms with E-state index in [4.69, 9.17) is 11.6 Å². The average molecular weight is 240 g/mol. The summed E-state index contributed by atoms with van der Waals surface area (Å²) in [7, 11) is 0. The molecule has 0 aliphatic rings. The molecule has 1 amide bonds. The Morgan fingerprint density at radius 3 is 2.75 bits per heavy atom. The number of anilines is 1. The number of halogens is 1. The van der Waals surface area contributed by atoms with Crippen molar-refractivity contribution in [2.45, 2.75) is 0 Å². The molecule has 0 radical (unpaired) electrons. The van der Waals surface area contributed by atoms with Crippen LogP contribution in [0, 0.1) is 0 Å². The van der Waals surface area contributed by atoms with Crippen LogP contribution in [0.25, 0.3) is 0 Å². The largest absolute Gasteiger partial charge is 0.323 e. The van der Waals surface area contributed by atoms with E-state index < -0.39 is 11.6 Å². The van der Waals surface area contributed by atoms with Crippen molar-refractivity contribution in [3.05, 3.63) is 39.7 Å². The summed E-state index contributed by atoms with van der Waals surface area (Å²) in [6.45, 7) is 0. The van der Waals surface area contributed by atoms with E-state index in [1.54, 1.807) is 0 Å². The first-order valence-corrected chi connectivity index (χ1v) is 4.61. The lowest BCUT2D eigenvalue weighted by Crippen LogP contribution is -2.15. The quantitative estimate of drug-likeness (QED) is 0.706. The highest BCUT2D eigenvalue weighted by molar-refractivity contribution is 6.29. The lowest BCUT2D eigenvalue weighted by Gasteiger charge is -2.00. The molecule has 0 spiro atoms. The average Bonchev–Trinajstić information content (AvgIpc) is 2.68. The molecule has 2 aromatic rings. The molecule has 3 N–H and O–H groups in total. The topological polar surface area (TPSA) is 104 Å². The lowest BCUT2D eigenvalue weighted by atomic mass is 10.4. The number of nitrogens with zero attached hydrogens (tertiary/aromatic N) is 2. The van der Waals surface area contributed by atoms with Gasteiger partial charge in [0.05, 0.1) is 0 Å². The van der Waals surface area contributed by atoms with Gasteiger partial charge in [-0.15, -0.1) is 10.2 Å². The number of nitrogens with one attached hydrogen (secondary N) is 3. The van der Waals surface area contributed by atoms with Gasteiger partial charge in [-0.05, 0) is 12.1 Å². The molecule has 2 rings (SSSR count). The van der Waals surface area contributed by atoms with Crippen molar-refractivity contribution in [2.75, 3.05) is 5.32 Å². The third-order valence-electron chi connectivity index (χ3n) is 1.71. The van der Waals surface area contributed by atoms with Crippen LogP contribution in [-0.4, -0.2) is 26.1 Å². The second-order valence-corrected chi connectivity index (χ2v) is 3.24. The van der Waals surface area contributed by atoms with Crippen LogP contribution < -0.4 is 11.0 Å². The summed E-state index contributed by atoms with van der Waals surface area (Å²) in [5, 5.41) is 9.85. The fourth-order valence-corrected chi connectivity index (χ4v) is 1.12. The van der Waals surface area contributed by atoms with E-state index in [1.165, 1.54) is 18.3 Å². The van der Waals surface area contributed by atoms with Crippen LogP contribution >= 0.6 is 11.6 Å². The number of H-pyrrole nitrogens is 2. The summed E-state index contributed by atoms with van der Waals surface area (Å²) in [6, 6.07) is 2.99. The minimum atomic E-state index is -0.491. The summed E-state index contributed by atoms with van der Waals surface area (Å²) < 4.78 is 0. The smallest absolute Gasteiger partial charge is 0.312 e. The minimum Gasteiger partial charge on any atom is -0.312 e. The Morgan fingerprint density at radius 1 is 1.38 bits per heavy atom. The van der Waals surface area contributed by atoms with Crippen LogP contribution in [0.3, 0.4) is 0 Å². The van der Waals surface area contributed by atoms with Crippen LogP contribution in [0.2, 0.25) is 5.15 Å². The Bertz CT molecular complexity index is 558. The summed E-state index contributed by atoms with van der Waals surface area (Å²) >= 11 is 5.53. The Hall–Kier alpha value is -2.15. The van der Waals surface area contributed by atoms with Gasteiger partial charge in [0.2, 0.25) is 0 Å². The standard InChI is InChI=1S/C8H6ClN5O2/c9-5-1-2-6(14-13-5)12-7(15)4-3-10-8(16)11-4/h1-3H,(H2,10,11,16)(H,12,14,15). The van der Waals surface area contributed by atoms with E-state index in [1.807, 2.05) is 0 Å². The van der Waals surface area contributed by atoms with Gasteiger partial charge < -0.3 is 15.3 Å². The molecule has 0 unspecified atom stereocenters. The molecule has 0 aliphatic carbocycles. The highest BCUT2D eigenvalue weighted by atomic mass is 35.5. The van der Waals surface area contributed by atoms with Crippen molar-refractivity contribution >= 4 is 23.3 Å². The summed E-state index contributed by atoms with van der Waals surface area (Å²) in [6.07, 6.45) is 1.26. The van der Waals surface area contributed by atoms with E-state index in [0.29, 0.717) is 0 Å². The summed E-state index contributed by atoms with van der Waals surface area (Å²) in [4.78, 5) is 26.9. The number of carbonyl (C=O) groups is 1. The van der Waals surface area contributed by atoms with Crippen LogP contribution in [-0.2, 0) is 0 Å². The van der Waals surface area contributed by atoms with Crippen molar-refractivity contribution in [1.82, 2.24) is 20.2 Å². The molecule has 0 aliphatic heterocycles. The lowest BCUT2D eigenvalue weighted by molar-refractivity contribution is 0.102. The second-order valence-electron chi connectivity index (χ2n) is 2.85. The second kappa shape index (κ2) is 4.15. The van der Waals surface area contributed by atoms with E-state index >= 15 is 0 Å². The van der Waals surface area contributed by atoms with Crippen LogP contribution in [0.4, 0.5) is 5.82 Å². The van der Waals surface area contributed by atoms with Gasteiger partial charge in [-0.3, -0.25) is 4.79 Å². The molecule has 7 nitrogen and oxygen atoms in total. The van der Waals surface area contributed by atoms with Crippen molar-refractivity contribution < 1.29 is 4.79 Å². The SMILES string of the molecule is O=C(Nc1ccc(Cl)nn1)c1c[nH]c(=O)[nH]1. The zero-order chi connectivity index (χ0) is 11.5. The van der Waals surface area contributed by atoms with Gasteiger partial charge in [0.15, 0.2) is 11.0 Å². The van der Waals surface area contributed by atoms with Gasteiger partial charge in [0, 0.05) is 6.20 Å². The third-order valence-corrected chi connectivity index (χ3v) is 1.92. The fraction of sp³-hybridized carbons (Fsp3) is 0. The van der Waals surface area contributed by atoms with E-state index in [-0.39, 0.29) is 16.7 Å². The monoisotopic (exact) mass is 239 g/mol. The maximum atomic E-state index is 11.5. The first kappa shape index (κ1) is 10.4. The van der Waals surface area contributed by atoms with Crippen molar-refractivity contribution in [3.63, 3.8) is 0 Å². The van der Waals surface area contributed by atoms with Crippen LogP contribution in [0.5, 0.6) is 0 Å². The first-order valence-electron chi connectivity index (χ1n) is 4.23. The van der Waals surface area contributed by atoms with Crippen LogP contribution in [0.15, 0.2) is 23.1 Å². The highest BCUT2D eigenvalue weighted by Gasteiger charge is 2.08. The molecular weight excluding hydrogens is 234 g/mol. The molecule has 0 saturated carbocycles. The maximum Gasteiger partial charge on any atom is 0.323 e. The van der Waals surface area contributed by atoms with E-state index in [2.05, 4.69) is 25.5 Å². The van der Waals surface area contributed by atoms with Gasteiger partial charge in [0.1, 0.15) is 5.69 Å². The normalized spacial score (nSPS) is 10.1. The third kappa shape index (κ3) is 2.26. The van der Waals surface area contributed by atoms with Crippen molar-refractivity contribution in [1.29, 1.82) is 0 Å². The number of carbonyl (C=O) groups excluding carboxylic acids is 1. The number of amides is 1. The number of aromatic amines is 2. The first-order chi connectivity index (χ1) is 7.65. The molecule has 0 fully saturated rings. The Morgan fingerprint density at radius 2 is 2.19 bits per heavy atom. The van der Waals surface area contributed by atoms with Gasteiger partial charge in [-0.25, -0.2) is 4.79 Å². The molecule has 2 aromatic heterocycles. The summed E-state index contributed by atoms with van der Waals surface area (Å²) in [5.74, 6) is -0.244. The van der Waals surface area contributed by atoms with Crippen molar-refractivity contribution in [3.8, 4) is 0 Å². The molecular formula is C8H6ClN5O2. The molecule has 0 atom stereocenters. The van der Waals surface area contributed by atoms with Crippen LogP contribution in [0.1, 0.15) is 10.5 Å². The highest BCUT2D eigenvalue weighted by Crippen LogP contribution is 2.06. The zero-order valence-electron chi connectivity index (χ0n) is 7.82. The minimum absolute atomic E-state index is 0.113. The Labute approximate surface area is 93.9 Å². The fourth-order valence-electron chi connectivity index (χ4n) is 1.02. The molecule has 16 heavy (non-hydrogen) atoms. The maximum absolute atomic E-state index is 11.5. The van der Waals surface area contributed by atoms with E-state index in [0.717, 1.165) is 0 Å². The molecule has 8 heteroatoms. The van der Waals surface area contributed by atoms with Gasteiger partial charge in [-0.1, -0.05) is 11.6 Å². The Kier molecular flexibility index (Phi) is 2.69. The molecule has 0 saturated heterocycles. The Balaban J connectivity index is 2.13. The molecule has 0 bridgehead atoms. The molecule has 2 heterocycles. The van der Waals surface area contributed by atoms with Gasteiger partial charge >= 0.3 is 5.69 Å². The number of hydrogen-bond donors (Lipinski definition) is 3. The van der Waals surface area contributed by atoms with Crippen molar-refractivity contribution in [2.24, 2.45) is 0 Å². The number of hydrogen-bond acceptors (Lipinski definition) is 4. The zero-order valence-corrected chi connectivity index (χ0v) is 8.58. The predicted octanol–water partition coefficient (Wildman–Crippen LogP) is 0.399. The number of aromatic nitrogens is 4.